The number of anilines is 1. The zero-order chi connectivity index (χ0) is 24.6. The Morgan fingerprint density at radius 3 is 2.34 bits per heavy atom. The molecule has 0 aromatic heterocycles. The molecule has 4 rings (SSSR count). The quantitative estimate of drug-likeness (QED) is 0.492. The Bertz CT molecular complexity index is 1130. The second-order valence-electron chi connectivity index (χ2n) is 8.74. The standard InChI is InChI=1S/C28H30ClN3O3/c1-31(19-21-7-3-2-4-8-21)28(34)25-9-5-6-10-26(25)32-17-15-23(16-18-32)30-27(33)20-35-24-13-11-22(29)12-14-24/h2-14,23H,15-20H2,1H3,(H,30,33). The summed E-state index contributed by atoms with van der Waals surface area (Å²) in [6, 6.07) is 24.8. The van der Waals surface area contributed by atoms with Crippen LogP contribution in [0.15, 0.2) is 78.9 Å². The number of carbonyl (C=O) groups excluding carboxylic acids is 2. The summed E-state index contributed by atoms with van der Waals surface area (Å²) in [6.07, 6.45) is 1.60. The first-order chi connectivity index (χ1) is 17.0. The predicted molar refractivity (Wildman–Crippen MR) is 139 cm³/mol. The van der Waals surface area contributed by atoms with E-state index in [-0.39, 0.29) is 24.5 Å². The van der Waals surface area contributed by atoms with E-state index in [4.69, 9.17) is 16.3 Å². The average molecular weight is 492 g/mol. The van der Waals surface area contributed by atoms with E-state index < -0.39 is 0 Å². The largest absolute Gasteiger partial charge is 0.484 e. The summed E-state index contributed by atoms with van der Waals surface area (Å²) in [7, 11) is 1.83. The molecule has 0 bridgehead atoms. The van der Waals surface area contributed by atoms with Crippen LogP contribution in [-0.4, -0.2) is 49.5 Å². The molecular formula is C28H30ClN3O3. The molecule has 1 aliphatic heterocycles. The Balaban J connectivity index is 1.30. The van der Waals surface area contributed by atoms with Gasteiger partial charge in [0.15, 0.2) is 6.61 Å². The van der Waals surface area contributed by atoms with Crippen LogP contribution in [0.2, 0.25) is 5.02 Å². The Morgan fingerprint density at radius 2 is 1.63 bits per heavy atom. The fraction of sp³-hybridized carbons (Fsp3) is 0.286. The van der Waals surface area contributed by atoms with Crippen molar-refractivity contribution in [3.63, 3.8) is 0 Å². The molecule has 1 aliphatic rings. The Morgan fingerprint density at radius 1 is 0.971 bits per heavy atom. The van der Waals surface area contributed by atoms with Crippen molar-refractivity contribution >= 4 is 29.1 Å². The number of benzene rings is 3. The minimum atomic E-state index is -0.142. The van der Waals surface area contributed by atoms with Gasteiger partial charge in [0.1, 0.15) is 5.75 Å². The first kappa shape index (κ1) is 24.6. The van der Waals surface area contributed by atoms with Crippen molar-refractivity contribution in [2.24, 2.45) is 0 Å². The maximum atomic E-state index is 13.3. The number of amides is 2. The first-order valence-electron chi connectivity index (χ1n) is 11.8. The molecule has 3 aromatic rings. The average Bonchev–Trinajstić information content (AvgIpc) is 2.89. The van der Waals surface area contributed by atoms with Crippen LogP contribution in [0.5, 0.6) is 5.75 Å². The van der Waals surface area contributed by atoms with Gasteiger partial charge >= 0.3 is 0 Å². The van der Waals surface area contributed by atoms with Crippen LogP contribution in [-0.2, 0) is 11.3 Å². The third kappa shape index (κ3) is 6.76. The molecule has 6 nitrogen and oxygen atoms in total. The van der Waals surface area contributed by atoms with Crippen LogP contribution in [0.1, 0.15) is 28.8 Å². The summed E-state index contributed by atoms with van der Waals surface area (Å²) in [5.74, 6) is 0.466. The Kier molecular flexibility index (Phi) is 8.27. The number of halogens is 1. The number of rotatable bonds is 8. The van der Waals surface area contributed by atoms with Crippen LogP contribution < -0.4 is 15.0 Å². The number of hydrogen-bond donors (Lipinski definition) is 1. The van der Waals surface area contributed by atoms with Crippen LogP contribution >= 0.6 is 11.6 Å². The highest BCUT2D eigenvalue weighted by atomic mass is 35.5. The minimum Gasteiger partial charge on any atom is -0.484 e. The molecule has 1 heterocycles. The molecule has 1 fully saturated rings. The van der Waals surface area contributed by atoms with Crippen molar-refractivity contribution in [2.75, 3.05) is 31.6 Å². The maximum Gasteiger partial charge on any atom is 0.258 e. The summed E-state index contributed by atoms with van der Waals surface area (Å²) in [5, 5.41) is 3.69. The normalized spacial score (nSPS) is 13.8. The van der Waals surface area contributed by atoms with E-state index in [0.29, 0.717) is 22.9 Å². The van der Waals surface area contributed by atoms with Crippen molar-refractivity contribution in [3.05, 3.63) is 95.0 Å². The Hall–Kier alpha value is -3.51. The number of nitrogens with one attached hydrogen (secondary N) is 1. The van der Waals surface area contributed by atoms with Crippen LogP contribution in [0.25, 0.3) is 0 Å². The molecule has 0 atom stereocenters. The number of nitrogens with zero attached hydrogens (tertiary/aromatic N) is 2. The zero-order valence-electron chi connectivity index (χ0n) is 19.8. The molecule has 0 unspecified atom stereocenters. The van der Waals surface area contributed by atoms with Gasteiger partial charge in [-0.05, 0) is 54.8 Å². The van der Waals surface area contributed by atoms with Gasteiger partial charge in [-0.25, -0.2) is 0 Å². The van der Waals surface area contributed by atoms with E-state index in [9.17, 15) is 9.59 Å². The van der Waals surface area contributed by atoms with Gasteiger partial charge in [-0.2, -0.15) is 0 Å². The molecule has 0 spiro atoms. The van der Waals surface area contributed by atoms with E-state index in [2.05, 4.69) is 10.2 Å². The second kappa shape index (κ2) is 11.8. The molecule has 0 aliphatic carbocycles. The third-order valence-electron chi connectivity index (χ3n) is 6.13. The summed E-state index contributed by atoms with van der Waals surface area (Å²) in [5.41, 5.74) is 2.73. The number of para-hydroxylation sites is 1. The van der Waals surface area contributed by atoms with E-state index in [1.165, 1.54) is 0 Å². The lowest BCUT2D eigenvalue weighted by atomic mass is 10.0. The van der Waals surface area contributed by atoms with Crippen molar-refractivity contribution in [2.45, 2.75) is 25.4 Å². The van der Waals surface area contributed by atoms with Gasteiger partial charge in [0, 0.05) is 43.4 Å². The molecule has 35 heavy (non-hydrogen) atoms. The van der Waals surface area contributed by atoms with Crippen LogP contribution in [0.4, 0.5) is 5.69 Å². The smallest absolute Gasteiger partial charge is 0.258 e. The number of ether oxygens (including phenoxy) is 1. The van der Waals surface area contributed by atoms with Gasteiger partial charge in [-0.3, -0.25) is 9.59 Å². The molecule has 0 saturated carbocycles. The monoisotopic (exact) mass is 491 g/mol. The van der Waals surface area contributed by atoms with Gasteiger partial charge in [0.05, 0.1) is 5.56 Å². The summed E-state index contributed by atoms with van der Waals surface area (Å²) >= 11 is 5.87. The first-order valence-corrected chi connectivity index (χ1v) is 12.2. The topological polar surface area (TPSA) is 61.9 Å². The van der Waals surface area contributed by atoms with E-state index in [1.807, 2.05) is 61.6 Å². The predicted octanol–water partition coefficient (Wildman–Crippen LogP) is 4.78. The molecule has 3 aromatic carbocycles. The van der Waals surface area contributed by atoms with Crippen LogP contribution in [0, 0.1) is 0 Å². The van der Waals surface area contributed by atoms with Gasteiger partial charge in [0.25, 0.3) is 11.8 Å². The minimum absolute atomic E-state index is 0.000715. The highest BCUT2D eigenvalue weighted by Crippen LogP contribution is 2.26. The van der Waals surface area contributed by atoms with Crippen molar-refractivity contribution < 1.29 is 14.3 Å². The van der Waals surface area contributed by atoms with Gasteiger partial charge in [-0.1, -0.05) is 54.1 Å². The summed E-state index contributed by atoms with van der Waals surface area (Å²) in [4.78, 5) is 29.6. The Labute approximate surface area is 211 Å². The lowest BCUT2D eigenvalue weighted by Crippen LogP contribution is -2.46. The van der Waals surface area contributed by atoms with E-state index in [1.54, 1.807) is 29.2 Å². The molecule has 1 N–H and O–H groups in total. The highest BCUT2D eigenvalue weighted by Gasteiger charge is 2.25. The second-order valence-corrected chi connectivity index (χ2v) is 9.17. The van der Waals surface area contributed by atoms with Crippen molar-refractivity contribution in [1.82, 2.24) is 10.2 Å². The third-order valence-corrected chi connectivity index (χ3v) is 6.38. The fourth-order valence-corrected chi connectivity index (χ4v) is 4.40. The van der Waals surface area contributed by atoms with Gasteiger partial charge in [0.2, 0.25) is 0 Å². The zero-order valence-corrected chi connectivity index (χ0v) is 20.6. The number of hydrogen-bond acceptors (Lipinski definition) is 4. The van der Waals surface area contributed by atoms with E-state index in [0.717, 1.165) is 37.2 Å². The van der Waals surface area contributed by atoms with Crippen molar-refractivity contribution in [1.29, 1.82) is 0 Å². The number of piperidine rings is 1. The lowest BCUT2D eigenvalue weighted by molar-refractivity contribution is -0.123. The summed E-state index contributed by atoms with van der Waals surface area (Å²) < 4.78 is 5.54. The molecule has 7 heteroatoms. The molecular weight excluding hydrogens is 462 g/mol. The highest BCUT2D eigenvalue weighted by molar-refractivity contribution is 6.30. The molecule has 1 saturated heterocycles. The van der Waals surface area contributed by atoms with Crippen LogP contribution in [0.3, 0.4) is 0 Å². The molecule has 0 radical (unpaired) electrons. The summed E-state index contributed by atoms with van der Waals surface area (Å²) in [6.45, 7) is 2.04. The SMILES string of the molecule is CN(Cc1ccccc1)C(=O)c1ccccc1N1CCC(NC(=O)COc2ccc(Cl)cc2)CC1. The lowest BCUT2D eigenvalue weighted by Gasteiger charge is -2.35. The molecule has 182 valence electrons. The fourth-order valence-electron chi connectivity index (χ4n) is 4.28. The van der Waals surface area contributed by atoms with Gasteiger partial charge < -0.3 is 19.9 Å². The van der Waals surface area contributed by atoms with Gasteiger partial charge in [-0.15, -0.1) is 0 Å². The maximum absolute atomic E-state index is 13.3. The molecule has 2 amide bonds. The number of carbonyl (C=O) groups is 2. The van der Waals surface area contributed by atoms with E-state index >= 15 is 0 Å². The van der Waals surface area contributed by atoms with Crippen molar-refractivity contribution in [3.8, 4) is 5.75 Å².